The van der Waals surface area contributed by atoms with Crippen molar-refractivity contribution in [3.05, 3.63) is 17.7 Å². The number of ether oxygens (including phenoxy) is 2. The molecule has 0 unspecified atom stereocenters. The quantitative estimate of drug-likeness (QED) is 0.807. The molecule has 1 rings (SSSR count). The third-order valence-corrected chi connectivity index (χ3v) is 8.37. The van der Waals surface area contributed by atoms with Crippen LogP contribution in [0.25, 0.3) is 0 Å². The zero-order valence-electron chi connectivity index (χ0n) is 14.4. The van der Waals surface area contributed by atoms with E-state index in [0.29, 0.717) is 22.8 Å². The van der Waals surface area contributed by atoms with Gasteiger partial charge in [-0.05, 0) is 35.8 Å². The standard InChI is InChI=1S/C16H26O5Si/c1-16(2,3)22(6,7)21-15-12(19-4)8-11(10-14(17)18)9-13(15)20-5/h8-9H,10H2,1-7H3,(H,17,18). The van der Waals surface area contributed by atoms with Gasteiger partial charge in [0.15, 0.2) is 17.2 Å². The van der Waals surface area contributed by atoms with Gasteiger partial charge in [0.2, 0.25) is 0 Å². The van der Waals surface area contributed by atoms with Gasteiger partial charge in [0.1, 0.15) is 0 Å². The summed E-state index contributed by atoms with van der Waals surface area (Å²) in [6, 6.07) is 3.39. The molecule has 1 aromatic carbocycles. The van der Waals surface area contributed by atoms with Gasteiger partial charge in [0.05, 0.1) is 20.6 Å². The van der Waals surface area contributed by atoms with Crippen LogP contribution in [0.4, 0.5) is 0 Å². The second kappa shape index (κ2) is 6.60. The minimum absolute atomic E-state index is 0.0305. The smallest absolute Gasteiger partial charge is 0.307 e. The molecule has 0 aromatic heterocycles. The van der Waals surface area contributed by atoms with Crippen LogP contribution >= 0.6 is 0 Å². The van der Waals surface area contributed by atoms with Gasteiger partial charge in [-0.1, -0.05) is 20.8 Å². The number of aliphatic carboxylic acids is 1. The van der Waals surface area contributed by atoms with Gasteiger partial charge in [-0.25, -0.2) is 0 Å². The van der Waals surface area contributed by atoms with Crippen molar-refractivity contribution in [1.29, 1.82) is 0 Å². The summed E-state index contributed by atoms with van der Waals surface area (Å²) in [5.41, 5.74) is 0.615. The molecule has 0 aliphatic carbocycles. The third kappa shape index (κ3) is 4.16. The van der Waals surface area contributed by atoms with E-state index in [1.165, 1.54) is 14.2 Å². The fourth-order valence-corrected chi connectivity index (χ4v) is 2.74. The van der Waals surface area contributed by atoms with E-state index in [9.17, 15) is 4.79 Å². The Bertz CT molecular complexity index is 521. The summed E-state index contributed by atoms with van der Waals surface area (Å²) in [7, 11) is 1.01. The second-order valence-corrected chi connectivity index (χ2v) is 11.5. The van der Waals surface area contributed by atoms with Gasteiger partial charge in [-0.3, -0.25) is 4.79 Å². The number of carboxylic acid groups (broad SMARTS) is 1. The molecule has 22 heavy (non-hydrogen) atoms. The van der Waals surface area contributed by atoms with E-state index in [2.05, 4.69) is 33.9 Å². The molecule has 0 saturated heterocycles. The summed E-state index contributed by atoms with van der Waals surface area (Å²) in [4.78, 5) is 10.9. The van der Waals surface area contributed by atoms with Crippen LogP contribution in [0, 0.1) is 0 Å². The number of hydrogen-bond donors (Lipinski definition) is 1. The van der Waals surface area contributed by atoms with Gasteiger partial charge in [-0.15, -0.1) is 0 Å². The highest BCUT2D eigenvalue weighted by Gasteiger charge is 2.40. The van der Waals surface area contributed by atoms with Crippen LogP contribution in [-0.4, -0.2) is 33.6 Å². The van der Waals surface area contributed by atoms with Crippen molar-refractivity contribution in [2.75, 3.05) is 14.2 Å². The number of methoxy groups -OCH3 is 2. The fourth-order valence-electron chi connectivity index (χ4n) is 1.72. The van der Waals surface area contributed by atoms with E-state index in [0.717, 1.165) is 0 Å². The molecule has 0 aliphatic rings. The molecule has 0 aliphatic heterocycles. The fraction of sp³-hybridized carbons (Fsp3) is 0.562. The Hall–Kier alpha value is -1.69. The number of hydrogen-bond acceptors (Lipinski definition) is 4. The van der Waals surface area contributed by atoms with E-state index in [1.54, 1.807) is 12.1 Å². The lowest BCUT2D eigenvalue weighted by Gasteiger charge is -2.37. The van der Waals surface area contributed by atoms with Gasteiger partial charge >= 0.3 is 5.97 Å². The van der Waals surface area contributed by atoms with Crippen molar-refractivity contribution in [2.24, 2.45) is 0 Å². The first-order valence-electron chi connectivity index (χ1n) is 7.17. The number of rotatable bonds is 6. The van der Waals surface area contributed by atoms with Crippen molar-refractivity contribution in [3.63, 3.8) is 0 Å². The van der Waals surface area contributed by atoms with Crippen molar-refractivity contribution >= 4 is 14.3 Å². The van der Waals surface area contributed by atoms with Crippen LogP contribution in [0.15, 0.2) is 12.1 Å². The summed E-state index contributed by atoms with van der Waals surface area (Å²) in [5.74, 6) is 0.647. The summed E-state index contributed by atoms with van der Waals surface area (Å²) < 4.78 is 17.1. The van der Waals surface area contributed by atoms with Crippen LogP contribution in [0.3, 0.4) is 0 Å². The molecule has 1 N–H and O–H groups in total. The minimum atomic E-state index is -2.07. The predicted molar refractivity (Wildman–Crippen MR) is 88.7 cm³/mol. The normalized spacial score (nSPS) is 12.0. The molecule has 0 atom stereocenters. The molecule has 124 valence electrons. The van der Waals surface area contributed by atoms with Crippen LogP contribution in [0.2, 0.25) is 18.1 Å². The van der Waals surface area contributed by atoms with E-state index in [4.69, 9.17) is 19.0 Å². The van der Waals surface area contributed by atoms with Crippen molar-refractivity contribution in [1.82, 2.24) is 0 Å². The van der Waals surface area contributed by atoms with Gasteiger partial charge in [0, 0.05) is 0 Å². The van der Waals surface area contributed by atoms with Crippen LogP contribution in [-0.2, 0) is 11.2 Å². The van der Waals surface area contributed by atoms with Crippen LogP contribution in [0.1, 0.15) is 26.3 Å². The third-order valence-electron chi connectivity index (χ3n) is 4.04. The molecular formula is C16H26O5Si. The maximum Gasteiger partial charge on any atom is 0.307 e. The maximum atomic E-state index is 10.9. The van der Waals surface area contributed by atoms with Crippen molar-refractivity contribution < 1.29 is 23.8 Å². The molecule has 1 aromatic rings. The molecule has 0 saturated carbocycles. The van der Waals surface area contributed by atoms with Gasteiger partial charge in [0.25, 0.3) is 8.32 Å². The average molecular weight is 326 g/mol. The highest BCUT2D eigenvalue weighted by molar-refractivity contribution is 6.74. The summed E-state index contributed by atoms with van der Waals surface area (Å²) in [6.45, 7) is 10.7. The Morgan fingerprint density at radius 1 is 1.14 bits per heavy atom. The van der Waals surface area contributed by atoms with Crippen molar-refractivity contribution in [2.45, 2.75) is 45.3 Å². The lowest BCUT2D eigenvalue weighted by molar-refractivity contribution is -0.136. The Balaban J connectivity index is 3.32. The van der Waals surface area contributed by atoms with Gasteiger partial charge < -0.3 is 19.0 Å². The molecule has 0 amide bonds. The van der Waals surface area contributed by atoms with E-state index < -0.39 is 14.3 Å². The molecule has 0 spiro atoms. The summed E-state index contributed by atoms with van der Waals surface area (Å²) in [6.07, 6.45) is -0.0902. The maximum absolute atomic E-state index is 10.9. The van der Waals surface area contributed by atoms with Gasteiger partial charge in [-0.2, -0.15) is 0 Å². The Kier molecular flexibility index (Phi) is 5.51. The average Bonchev–Trinajstić information content (AvgIpc) is 2.37. The van der Waals surface area contributed by atoms with Crippen LogP contribution < -0.4 is 13.9 Å². The van der Waals surface area contributed by atoms with Crippen LogP contribution in [0.5, 0.6) is 17.2 Å². The number of carboxylic acids is 1. The SMILES string of the molecule is COc1cc(CC(=O)O)cc(OC)c1O[Si](C)(C)C(C)(C)C. The largest absolute Gasteiger partial charge is 0.539 e. The van der Waals surface area contributed by atoms with E-state index in [-0.39, 0.29) is 11.5 Å². The van der Waals surface area contributed by atoms with E-state index in [1.807, 2.05) is 0 Å². The second-order valence-electron chi connectivity index (χ2n) is 6.76. The monoisotopic (exact) mass is 326 g/mol. The number of carbonyl (C=O) groups is 1. The first kappa shape index (κ1) is 18.4. The zero-order chi connectivity index (χ0) is 17.1. The number of benzene rings is 1. The summed E-state index contributed by atoms with van der Waals surface area (Å²) >= 11 is 0. The van der Waals surface area contributed by atoms with E-state index >= 15 is 0 Å². The first-order chi connectivity index (χ1) is 10.0. The molecule has 0 radical (unpaired) electrons. The molecular weight excluding hydrogens is 300 g/mol. The predicted octanol–water partition coefficient (Wildman–Crippen LogP) is 3.71. The Morgan fingerprint density at radius 2 is 1.59 bits per heavy atom. The lowest BCUT2D eigenvalue weighted by Crippen LogP contribution is -2.44. The molecule has 0 fully saturated rings. The van der Waals surface area contributed by atoms with Crippen molar-refractivity contribution in [3.8, 4) is 17.2 Å². The zero-order valence-corrected chi connectivity index (χ0v) is 15.4. The molecule has 0 heterocycles. The topological polar surface area (TPSA) is 65.0 Å². The summed E-state index contributed by atoms with van der Waals surface area (Å²) in [5, 5.41) is 8.98. The highest BCUT2D eigenvalue weighted by atomic mass is 28.4. The Morgan fingerprint density at radius 3 is 1.91 bits per heavy atom. The minimum Gasteiger partial charge on any atom is -0.539 e. The molecule has 6 heteroatoms. The Labute approximate surface area is 133 Å². The first-order valence-corrected chi connectivity index (χ1v) is 10.1. The lowest BCUT2D eigenvalue weighted by atomic mass is 10.1. The highest BCUT2D eigenvalue weighted by Crippen LogP contribution is 2.44. The molecule has 0 bridgehead atoms. The molecule has 5 nitrogen and oxygen atoms in total.